The third kappa shape index (κ3) is 4.47. The van der Waals surface area contributed by atoms with E-state index in [2.05, 4.69) is 9.88 Å². The summed E-state index contributed by atoms with van der Waals surface area (Å²) in [4.78, 5) is 21.2. The number of piperidine rings is 1. The highest BCUT2D eigenvalue weighted by Gasteiger charge is 2.34. The molecule has 6 heteroatoms. The van der Waals surface area contributed by atoms with Crippen LogP contribution in [0.5, 0.6) is 0 Å². The molecule has 1 aromatic heterocycles. The topological polar surface area (TPSA) is 36.4 Å². The van der Waals surface area contributed by atoms with Crippen molar-refractivity contribution in [1.82, 2.24) is 14.8 Å². The van der Waals surface area contributed by atoms with Gasteiger partial charge in [-0.2, -0.15) is 0 Å². The number of nitrogens with zero attached hydrogens (tertiary/aromatic N) is 3. The number of hydrogen-bond acceptors (Lipinski definition) is 3. The summed E-state index contributed by atoms with van der Waals surface area (Å²) in [5, 5.41) is 0. The van der Waals surface area contributed by atoms with Gasteiger partial charge in [0, 0.05) is 30.9 Å². The molecule has 2 aromatic rings. The molecule has 2 fully saturated rings. The molecule has 4 rings (SSSR count). The first kappa shape index (κ1) is 20.0. The number of rotatable bonds is 4. The summed E-state index contributed by atoms with van der Waals surface area (Å²) in [5.74, 6) is -0.403. The number of halogens is 2. The molecule has 1 unspecified atom stereocenters. The maximum Gasteiger partial charge on any atom is 0.272 e. The fourth-order valence-electron chi connectivity index (χ4n) is 4.67. The van der Waals surface area contributed by atoms with Gasteiger partial charge in [0.2, 0.25) is 0 Å². The van der Waals surface area contributed by atoms with Crippen LogP contribution >= 0.6 is 0 Å². The SMILES string of the molecule is Cc1cccc(C(=O)N2CCC(C3CCN(Cc4cccc(F)c4F)CC3)C2)n1. The first-order chi connectivity index (χ1) is 14.0. The lowest BCUT2D eigenvalue weighted by molar-refractivity contribution is 0.0767. The van der Waals surface area contributed by atoms with E-state index in [9.17, 15) is 13.6 Å². The van der Waals surface area contributed by atoms with E-state index < -0.39 is 11.6 Å². The van der Waals surface area contributed by atoms with Crippen molar-refractivity contribution in [2.45, 2.75) is 32.7 Å². The fourth-order valence-corrected chi connectivity index (χ4v) is 4.67. The molecule has 1 aromatic carbocycles. The zero-order valence-electron chi connectivity index (χ0n) is 16.8. The number of aryl methyl sites for hydroxylation is 1. The minimum absolute atomic E-state index is 0.0233. The first-order valence-corrected chi connectivity index (χ1v) is 10.4. The molecule has 0 bridgehead atoms. The normalized spacial score (nSPS) is 20.9. The quantitative estimate of drug-likeness (QED) is 0.779. The van der Waals surface area contributed by atoms with E-state index in [-0.39, 0.29) is 5.91 Å². The van der Waals surface area contributed by atoms with E-state index in [1.165, 1.54) is 0 Å². The van der Waals surface area contributed by atoms with Crippen LogP contribution in [-0.4, -0.2) is 46.9 Å². The standard InChI is InChI=1S/C23H27F2N3O/c1-16-4-2-7-21(26-16)23(29)28-13-10-18(15-28)17-8-11-27(12-9-17)14-19-5-3-6-20(24)22(19)25/h2-7,17-18H,8-15H2,1H3. The van der Waals surface area contributed by atoms with Crippen LogP contribution in [0.3, 0.4) is 0 Å². The summed E-state index contributed by atoms with van der Waals surface area (Å²) in [5.41, 5.74) is 1.80. The zero-order valence-corrected chi connectivity index (χ0v) is 16.8. The van der Waals surface area contributed by atoms with Crippen molar-refractivity contribution in [3.63, 3.8) is 0 Å². The van der Waals surface area contributed by atoms with Crippen LogP contribution in [0, 0.1) is 30.4 Å². The van der Waals surface area contributed by atoms with Crippen molar-refractivity contribution in [2.24, 2.45) is 11.8 Å². The predicted octanol–water partition coefficient (Wildman–Crippen LogP) is 4.04. The second-order valence-electron chi connectivity index (χ2n) is 8.29. The summed E-state index contributed by atoms with van der Waals surface area (Å²) in [6, 6.07) is 9.93. The molecule has 4 nitrogen and oxygen atoms in total. The Kier molecular flexibility index (Phi) is 5.90. The number of carbonyl (C=O) groups is 1. The lowest BCUT2D eigenvalue weighted by Gasteiger charge is -2.35. The van der Waals surface area contributed by atoms with Crippen molar-refractivity contribution < 1.29 is 13.6 Å². The Labute approximate surface area is 170 Å². The lowest BCUT2D eigenvalue weighted by atomic mass is 9.83. The van der Waals surface area contributed by atoms with E-state index in [0.29, 0.717) is 29.6 Å². The molecule has 3 heterocycles. The Balaban J connectivity index is 1.29. The van der Waals surface area contributed by atoms with E-state index >= 15 is 0 Å². The van der Waals surface area contributed by atoms with Crippen molar-refractivity contribution in [2.75, 3.05) is 26.2 Å². The third-order valence-electron chi connectivity index (χ3n) is 6.34. The molecule has 154 valence electrons. The molecule has 0 radical (unpaired) electrons. The number of hydrogen-bond donors (Lipinski definition) is 0. The van der Waals surface area contributed by atoms with Gasteiger partial charge in [-0.25, -0.2) is 13.8 Å². The molecule has 2 saturated heterocycles. The summed E-state index contributed by atoms with van der Waals surface area (Å²) in [6.45, 7) is 5.68. The Morgan fingerprint density at radius 1 is 1.03 bits per heavy atom. The van der Waals surface area contributed by atoms with Crippen LogP contribution in [0.15, 0.2) is 36.4 Å². The highest BCUT2D eigenvalue weighted by molar-refractivity contribution is 5.92. The summed E-state index contributed by atoms with van der Waals surface area (Å²) < 4.78 is 27.3. The largest absolute Gasteiger partial charge is 0.337 e. The monoisotopic (exact) mass is 399 g/mol. The van der Waals surface area contributed by atoms with Crippen LogP contribution < -0.4 is 0 Å². The summed E-state index contributed by atoms with van der Waals surface area (Å²) >= 11 is 0. The highest BCUT2D eigenvalue weighted by atomic mass is 19.2. The van der Waals surface area contributed by atoms with Crippen LogP contribution in [0.25, 0.3) is 0 Å². The first-order valence-electron chi connectivity index (χ1n) is 10.4. The number of amides is 1. The van der Waals surface area contributed by atoms with Gasteiger partial charge in [0.25, 0.3) is 5.91 Å². The van der Waals surface area contributed by atoms with E-state index in [4.69, 9.17) is 0 Å². The average molecular weight is 399 g/mol. The Bertz CT molecular complexity index is 880. The second-order valence-corrected chi connectivity index (χ2v) is 8.29. The molecule has 0 aliphatic carbocycles. The predicted molar refractivity (Wildman–Crippen MR) is 107 cm³/mol. The van der Waals surface area contributed by atoms with Gasteiger partial charge in [0.1, 0.15) is 5.69 Å². The number of aromatic nitrogens is 1. The van der Waals surface area contributed by atoms with E-state index in [0.717, 1.165) is 57.2 Å². The van der Waals surface area contributed by atoms with Gasteiger partial charge in [0.05, 0.1) is 0 Å². The molecule has 2 aliphatic heterocycles. The fraction of sp³-hybridized carbons (Fsp3) is 0.478. The molecule has 2 aliphatic rings. The maximum atomic E-state index is 13.9. The lowest BCUT2D eigenvalue weighted by Crippen LogP contribution is -2.37. The second kappa shape index (κ2) is 8.57. The van der Waals surface area contributed by atoms with Gasteiger partial charge < -0.3 is 4.90 Å². The number of likely N-dealkylation sites (tertiary alicyclic amines) is 2. The third-order valence-corrected chi connectivity index (χ3v) is 6.34. The molecular weight excluding hydrogens is 372 g/mol. The summed E-state index contributed by atoms with van der Waals surface area (Å²) in [6.07, 6.45) is 3.10. The van der Waals surface area contributed by atoms with Gasteiger partial charge in [-0.05, 0) is 69.3 Å². The number of benzene rings is 1. The molecule has 29 heavy (non-hydrogen) atoms. The molecule has 0 saturated carbocycles. The highest BCUT2D eigenvalue weighted by Crippen LogP contribution is 2.33. The van der Waals surface area contributed by atoms with Gasteiger partial charge >= 0.3 is 0 Å². The van der Waals surface area contributed by atoms with Gasteiger partial charge in [-0.3, -0.25) is 9.69 Å². The maximum absolute atomic E-state index is 13.9. The van der Waals surface area contributed by atoms with Gasteiger partial charge in [-0.1, -0.05) is 18.2 Å². The minimum atomic E-state index is -0.781. The Morgan fingerprint density at radius 3 is 2.52 bits per heavy atom. The molecule has 0 spiro atoms. The Morgan fingerprint density at radius 2 is 1.76 bits per heavy atom. The van der Waals surface area contributed by atoms with Crippen molar-refractivity contribution in [3.05, 3.63) is 65.0 Å². The van der Waals surface area contributed by atoms with Crippen LogP contribution in [-0.2, 0) is 6.54 Å². The van der Waals surface area contributed by atoms with Crippen molar-refractivity contribution in [1.29, 1.82) is 0 Å². The van der Waals surface area contributed by atoms with Crippen molar-refractivity contribution >= 4 is 5.91 Å². The van der Waals surface area contributed by atoms with Gasteiger partial charge in [-0.15, -0.1) is 0 Å². The zero-order chi connectivity index (χ0) is 20.4. The van der Waals surface area contributed by atoms with Crippen LogP contribution in [0.1, 0.15) is 41.0 Å². The minimum Gasteiger partial charge on any atom is -0.337 e. The van der Waals surface area contributed by atoms with Gasteiger partial charge in [0.15, 0.2) is 11.6 Å². The van der Waals surface area contributed by atoms with E-state index in [1.54, 1.807) is 18.2 Å². The van der Waals surface area contributed by atoms with E-state index in [1.807, 2.05) is 24.0 Å². The number of carbonyl (C=O) groups excluding carboxylic acids is 1. The molecule has 1 amide bonds. The molecular formula is C23H27F2N3O. The smallest absolute Gasteiger partial charge is 0.272 e. The molecule has 0 N–H and O–H groups in total. The van der Waals surface area contributed by atoms with Crippen molar-refractivity contribution in [3.8, 4) is 0 Å². The Hall–Kier alpha value is -2.34. The van der Waals surface area contributed by atoms with Crippen LogP contribution in [0.2, 0.25) is 0 Å². The summed E-state index contributed by atoms with van der Waals surface area (Å²) in [7, 11) is 0. The average Bonchev–Trinajstić information content (AvgIpc) is 3.22. The van der Waals surface area contributed by atoms with Crippen LogP contribution in [0.4, 0.5) is 8.78 Å². The number of pyridine rings is 1. The molecule has 1 atom stereocenters.